The SMILES string of the molecule is CC(CCc1ccccc1)NC(C)c1nc(C(C)(C)C)no1. The summed E-state index contributed by atoms with van der Waals surface area (Å²) in [4.78, 5) is 4.51. The molecule has 0 saturated heterocycles. The van der Waals surface area contributed by atoms with E-state index in [0.717, 1.165) is 18.7 Å². The minimum atomic E-state index is -0.0829. The van der Waals surface area contributed by atoms with Crippen LogP contribution in [0.2, 0.25) is 0 Å². The van der Waals surface area contributed by atoms with Gasteiger partial charge in [0, 0.05) is 11.5 Å². The van der Waals surface area contributed by atoms with Gasteiger partial charge in [-0.3, -0.25) is 0 Å². The van der Waals surface area contributed by atoms with Crippen LogP contribution in [0.25, 0.3) is 0 Å². The smallest absolute Gasteiger partial charge is 0.243 e. The number of hydrogen-bond donors (Lipinski definition) is 1. The van der Waals surface area contributed by atoms with Crippen LogP contribution in [0.15, 0.2) is 34.9 Å². The zero-order chi connectivity index (χ0) is 16.2. The fourth-order valence-corrected chi connectivity index (χ4v) is 2.32. The first-order chi connectivity index (χ1) is 10.4. The molecule has 1 aromatic carbocycles. The van der Waals surface area contributed by atoms with Gasteiger partial charge in [0.2, 0.25) is 5.89 Å². The first kappa shape index (κ1) is 16.7. The number of rotatable bonds is 6. The lowest BCUT2D eigenvalue weighted by Gasteiger charge is -2.17. The number of nitrogens with zero attached hydrogens (tertiary/aromatic N) is 2. The minimum absolute atomic E-state index is 0.0642. The van der Waals surface area contributed by atoms with Crippen LogP contribution in [-0.2, 0) is 11.8 Å². The molecule has 4 heteroatoms. The van der Waals surface area contributed by atoms with E-state index >= 15 is 0 Å². The summed E-state index contributed by atoms with van der Waals surface area (Å²) >= 11 is 0. The molecule has 120 valence electrons. The maximum Gasteiger partial charge on any atom is 0.243 e. The van der Waals surface area contributed by atoms with Gasteiger partial charge in [0.15, 0.2) is 5.82 Å². The second-order valence-corrected chi connectivity index (χ2v) is 7.02. The molecule has 4 nitrogen and oxygen atoms in total. The molecule has 0 aliphatic rings. The lowest BCUT2D eigenvalue weighted by atomic mass is 9.96. The summed E-state index contributed by atoms with van der Waals surface area (Å²) in [6, 6.07) is 11.0. The van der Waals surface area contributed by atoms with Gasteiger partial charge < -0.3 is 9.84 Å². The molecule has 22 heavy (non-hydrogen) atoms. The Hall–Kier alpha value is -1.68. The van der Waals surface area contributed by atoms with Crippen molar-refractivity contribution in [3.05, 3.63) is 47.6 Å². The van der Waals surface area contributed by atoms with Crippen molar-refractivity contribution in [1.29, 1.82) is 0 Å². The van der Waals surface area contributed by atoms with Gasteiger partial charge in [0.25, 0.3) is 0 Å². The molecule has 1 aromatic heterocycles. The molecule has 1 heterocycles. The number of hydrogen-bond acceptors (Lipinski definition) is 4. The number of nitrogens with one attached hydrogen (secondary N) is 1. The quantitative estimate of drug-likeness (QED) is 0.875. The Kier molecular flexibility index (Phi) is 5.35. The van der Waals surface area contributed by atoms with E-state index in [0.29, 0.717) is 11.9 Å². The van der Waals surface area contributed by atoms with Gasteiger partial charge in [-0.15, -0.1) is 0 Å². The van der Waals surface area contributed by atoms with Crippen LogP contribution in [0.1, 0.15) is 64.4 Å². The van der Waals surface area contributed by atoms with Crippen molar-refractivity contribution in [3.8, 4) is 0 Å². The van der Waals surface area contributed by atoms with Gasteiger partial charge in [0.1, 0.15) is 0 Å². The van der Waals surface area contributed by atoms with Crippen LogP contribution in [0, 0.1) is 0 Å². The van der Waals surface area contributed by atoms with E-state index in [1.165, 1.54) is 5.56 Å². The Morgan fingerprint density at radius 1 is 1.14 bits per heavy atom. The molecular formula is C18H27N3O. The Morgan fingerprint density at radius 2 is 1.82 bits per heavy atom. The lowest BCUT2D eigenvalue weighted by Crippen LogP contribution is -2.29. The van der Waals surface area contributed by atoms with Gasteiger partial charge in [0.05, 0.1) is 6.04 Å². The summed E-state index contributed by atoms with van der Waals surface area (Å²) < 4.78 is 5.39. The van der Waals surface area contributed by atoms with Crippen molar-refractivity contribution < 1.29 is 4.52 Å². The van der Waals surface area contributed by atoms with Crippen molar-refractivity contribution in [2.45, 2.75) is 65.0 Å². The monoisotopic (exact) mass is 301 g/mol. The average molecular weight is 301 g/mol. The Labute approximate surface area is 133 Å². The molecule has 0 amide bonds. The molecular weight excluding hydrogens is 274 g/mol. The van der Waals surface area contributed by atoms with Crippen molar-refractivity contribution >= 4 is 0 Å². The molecule has 0 aliphatic carbocycles. The summed E-state index contributed by atoms with van der Waals surface area (Å²) in [6.07, 6.45) is 2.15. The van der Waals surface area contributed by atoms with E-state index in [2.05, 4.69) is 80.4 Å². The molecule has 2 unspecified atom stereocenters. The normalized spacial score (nSPS) is 14.8. The lowest BCUT2D eigenvalue weighted by molar-refractivity contribution is 0.317. The predicted octanol–water partition coefficient (Wildman–Crippen LogP) is 4.04. The molecule has 0 bridgehead atoms. The summed E-state index contributed by atoms with van der Waals surface area (Å²) in [5, 5.41) is 7.62. The Morgan fingerprint density at radius 3 is 2.41 bits per heavy atom. The van der Waals surface area contributed by atoms with E-state index in [9.17, 15) is 0 Å². The maximum atomic E-state index is 5.39. The number of aryl methyl sites for hydroxylation is 1. The van der Waals surface area contributed by atoms with Crippen LogP contribution in [-0.4, -0.2) is 16.2 Å². The van der Waals surface area contributed by atoms with Crippen LogP contribution >= 0.6 is 0 Å². The fraction of sp³-hybridized carbons (Fsp3) is 0.556. The highest BCUT2D eigenvalue weighted by molar-refractivity contribution is 5.14. The van der Waals surface area contributed by atoms with E-state index in [4.69, 9.17) is 4.52 Å². The van der Waals surface area contributed by atoms with Crippen LogP contribution in [0.3, 0.4) is 0 Å². The molecule has 0 radical (unpaired) electrons. The Balaban J connectivity index is 1.86. The van der Waals surface area contributed by atoms with Gasteiger partial charge in [-0.25, -0.2) is 0 Å². The molecule has 2 aromatic rings. The van der Waals surface area contributed by atoms with Gasteiger partial charge in [-0.05, 0) is 32.3 Å². The molecule has 1 N–H and O–H groups in total. The van der Waals surface area contributed by atoms with Crippen LogP contribution < -0.4 is 5.32 Å². The molecule has 0 saturated carbocycles. The van der Waals surface area contributed by atoms with Crippen molar-refractivity contribution in [2.75, 3.05) is 0 Å². The zero-order valence-corrected chi connectivity index (χ0v) is 14.3. The largest absolute Gasteiger partial charge is 0.338 e. The summed E-state index contributed by atoms with van der Waals surface area (Å²) in [7, 11) is 0. The van der Waals surface area contributed by atoms with Gasteiger partial charge in [-0.2, -0.15) is 4.98 Å². The van der Waals surface area contributed by atoms with E-state index < -0.39 is 0 Å². The summed E-state index contributed by atoms with van der Waals surface area (Å²) in [6.45, 7) is 10.5. The topological polar surface area (TPSA) is 51.0 Å². The van der Waals surface area contributed by atoms with Crippen LogP contribution in [0.5, 0.6) is 0 Å². The van der Waals surface area contributed by atoms with Crippen molar-refractivity contribution in [2.24, 2.45) is 0 Å². The van der Waals surface area contributed by atoms with Gasteiger partial charge >= 0.3 is 0 Å². The summed E-state index contributed by atoms with van der Waals surface area (Å²) in [5.74, 6) is 1.42. The van der Waals surface area contributed by atoms with Gasteiger partial charge in [-0.1, -0.05) is 56.3 Å². The third-order valence-electron chi connectivity index (χ3n) is 3.73. The standard InChI is InChI=1S/C18H27N3O/c1-13(11-12-15-9-7-6-8-10-15)19-14(2)16-20-17(21-22-16)18(3,4)5/h6-10,13-14,19H,11-12H2,1-5H3. The minimum Gasteiger partial charge on any atom is -0.338 e. The highest BCUT2D eigenvalue weighted by atomic mass is 16.5. The number of benzene rings is 1. The van der Waals surface area contributed by atoms with E-state index in [1.807, 2.05) is 0 Å². The third-order valence-corrected chi connectivity index (χ3v) is 3.73. The first-order valence-corrected chi connectivity index (χ1v) is 8.00. The zero-order valence-electron chi connectivity index (χ0n) is 14.3. The maximum absolute atomic E-state index is 5.39. The molecule has 0 fully saturated rings. The molecule has 0 aliphatic heterocycles. The molecule has 0 spiro atoms. The molecule has 2 rings (SSSR count). The highest BCUT2D eigenvalue weighted by Gasteiger charge is 2.23. The van der Waals surface area contributed by atoms with E-state index in [-0.39, 0.29) is 11.5 Å². The predicted molar refractivity (Wildman–Crippen MR) is 88.8 cm³/mol. The van der Waals surface area contributed by atoms with Crippen LogP contribution in [0.4, 0.5) is 0 Å². The third kappa shape index (κ3) is 4.67. The highest BCUT2D eigenvalue weighted by Crippen LogP contribution is 2.21. The van der Waals surface area contributed by atoms with Crippen molar-refractivity contribution in [3.63, 3.8) is 0 Å². The Bertz CT molecular complexity index is 572. The fourth-order valence-electron chi connectivity index (χ4n) is 2.32. The molecule has 2 atom stereocenters. The van der Waals surface area contributed by atoms with Crippen molar-refractivity contribution in [1.82, 2.24) is 15.5 Å². The number of aromatic nitrogens is 2. The second-order valence-electron chi connectivity index (χ2n) is 7.02. The van der Waals surface area contributed by atoms with E-state index in [1.54, 1.807) is 0 Å². The first-order valence-electron chi connectivity index (χ1n) is 8.00. The average Bonchev–Trinajstić information content (AvgIpc) is 2.96. The second kappa shape index (κ2) is 7.05. The summed E-state index contributed by atoms with van der Waals surface area (Å²) in [5.41, 5.74) is 1.29.